The largest absolute Gasteiger partial charge is 0.333 e. The zero-order valence-electron chi connectivity index (χ0n) is 12.3. The molecular weight excluding hydrogens is 272 g/mol. The molecule has 1 amide bonds. The van der Waals surface area contributed by atoms with Crippen molar-refractivity contribution in [1.82, 2.24) is 39.8 Å². The Balaban J connectivity index is 1.81. The fraction of sp³-hybridized carbons (Fsp3) is 0.583. The number of hydrogen-bond donors (Lipinski definition) is 0. The Morgan fingerprint density at radius 2 is 2.19 bits per heavy atom. The van der Waals surface area contributed by atoms with E-state index < -0.39 is 0 Å². The minimum atomic E-state index is -0.0995. The van der Waals surface area contributed by atoms with Crippen molar-refractivity contribution in [2.24, 2.45) is 7.05 Å². The summed E-state index contributed by atoms with van der Waals surface area (Å²) in [4.78, 5) is 17.8. The van der Waals surface area contributed by atoms with Crippen molar-refractivity contribution in [1.29, 1.82) is 0 Å². The predicted molar refractivity (Wildman–Crippen MR) is 73.4 cm³/mol. The van der Waals surface area contributed by atoms with Gasteiger partial charge in [0.2, 0.25) is 0 Å². The summed E-state index contributed by atoms with van der Waals surface area (Å²) in [7, 11) is 5.71. The molecule has 0 saturated carbocycles. The maximum absolute atomic E-state index is 12.5. The predicted octanol–water partition coefficient (Wildman–Crippen LogP) is -0.966. The third-order valence-electron chi connectivity index (χ3n) is 3.81. The van der Waals surface area contributed by atoms with Crippen molar-refractivity contribution >= 4 is 5.91 Å². The first kappa shape index (κ1) is 13.7. The number of carbonyl (C=O) groups excluding carboxylic acids is 1. The molecule has 0 unspecified atom stereocenters. The second-order valence-corrected chi connectivity index (χ2v) is 5.41. The molecule has 112 valence electrons. The molecular formula is C12H18N8O. The summed E-state index contributed by atoms with van der Waals surface area (Å²) < 4.78 is 1.81. The molecule has 1 aliphatic heterocycles. The van der Waals surface area contributed by atoms with Gasteiger partial charge in [0.05, 0.1) is 24.5 Å². The second-order valence-electron chi connectivity index (χ2n) is 5.41. The summed E-state index contributed by atoms with van der Waals surface area (Å²) in [5.74, 6) is -0.0995. The molecule has 0 bridgehead atoms. The van der Waals surface area contributed by atoms with Gasteiger partial charge in [0, 0.05) is 26.3 Å². The summed E-state index contributed by atoms with van der Waals surface area (Å²) in [6.45, 7) is 1.22. The van der Waals surface area contributed by atoms with Gasteiger partial charge in [-0.2, -0.15) is 9.90 Å². The number of rotatable bonds is 3. The maximum atomic E-state index is 12.5. The Bertz CT molecular complexity index is 619. The van der Waals surface area contributed by atoms with E-state index in [1.165, 1.54) is 11.0 Å². The molecule has 3 heterocycles. The van der Waals surface area contributed by atoms with Crippen molar-refractivity contribution in [3.8, 4) is 0 Å². The number of carbonyl (C=O) groups is 1. The van der Waals surface area contributed by atoms with Gasteiger partial charge in [-0.1, -0.05) is 5.21 Å². The van der Waals surface area contributed by atoms with E-state index in [0.717, 1.165) is 0 Å². The van der Waals surface area contributed by atoms with E-state index >= 15 is 0 Å². The molecule has 21 heavy (non-hydrogen) atoms. The minimum Gasteiger partial charge on any atom is -0.333 e. The van der Waals surface area contributed by atoms with Crippen LogP contribution in [0.2, 0.25) is 0 Å². The van der Waals surface area contributed by atoms with Crippen LogP contribution in [0.5, 0.6) is 0 Å². The number of likely N-dealkylation sites (N-methyl/N-ethyl adjacent to an activating group) is 1. The molecule has 9 heteroatoms. The van der Waals surface area contributed by atoms with E-state index in [1.54, 1.807) is 18.1 Å². The number of likely N-dealkylation sites (tertiary alicyclic amines) is 1. The van der Waals surface area contributed by atoms with Gasteiger partial charge in [-0.05, 0) is 14.1 Å². The van der Waals surface area contributed by atoms with Crippen LogP contribution in [0.25, 0.3) is 0 Å². The van der Waals surface area contributed by atoms with Crippen molar-refractivity contribution in [2.75, 3.05) is 27.2 Å². The standard InChI is InChI=1S/C12H18N8O/c1-17(2)10-7-19(8-11(10)20-5-4-13-16-20)12(21)9-6-14-18(3)15-9/h4-6,10-11H,7-8H2,1-3H3/t10-,11+/m1/s1. The first-order valence-corrected chi connectivity index (χ1v) is 6.74. The van der Waals surface area contributed by atoms with E-state index in [0.29, 0.717) is 18.8 Å². The highest BCUT2D eigenvalue weighted by atomic mass is 16.2. The Hall–Kier alpha value is -2.29. The van der Waals surface area contributed by atoms with Crippen molar-refractivity contribution in [2.45, 2.75) is 12.1 Å². The number of aryl methyl sites for hydroxylation is 1. The molecule has 2 aromatic heterocycles. The van der Waals surface area contributed by atoms with Crippen LogP contribution in [-0.4, -0.2) is 78.9 Å². The lowest BCUT2D eigenvalue weighted by Crippen LogP contribution is -2.37. The van der Waals surface area contributed by atoms with Crippen LogP contribution in [0.15, 0.2) is 18.6 Å². The fourth-order valence-electron chi connectivity index (χ4n) is 2.70. The Morgan fingerprint density at radius 3 is 2.76 bits per heavy atom. The summed E-state index contributed by atoms with van der Waals surface area (Å²) in [6.07, 6.45) is 4.98. The van der Waals surface area contributed by atoms with Gasteiger partial charge in [-0.25, -0.2) is 4.68 Å². The molecule has 0 aromatic carbocycles. The Kier molecular flexibility index (Phi) is 3.42. The van der Waals surface area contributed by atoms with Gasteiger partial charge in [-0.3, -0.25) is 4.79 Å². The van der Waals surface area contributed by atoms with Gasteiger partial charge in [0.1, 0.15) is 0 Å². The van der Waals surface area contributed by atoms with Gasteiger partial charge in [-0.15, -0.1) is 10.2 Å². The Labute approximate surface area is 122 Å². The highest BCUT2D eigenvalue weighted by Gasteiger charge is 2.39. The normalized spacial score (nSPS) is 22.2. The molecule has 1 saturated heterocycles. The minimum absolute atomic E-state index is 0.0862. The van der Waals surface area contributed by atoms with E-state index in [2.05, 4.69) is 25.4 Å². The summed E-state index contributed by atoms with van der Waals surface area (Å²) in [5.41, 5.74) is 0.370. The lowest BCUT2D eigenvalue weighted by atomic mass is 10.1. The molecule has 3 rings (SSSR count). The first-order chi connectivity index (χ1) is 10.1. The molecule has 1 aliphatic rings. The van der Waals surface area contributed by atoms with E-state index in [-0.39, 0.29) is 18.0 Å². The van der Waals surface area contributed by atoms with Crippen LogP contribution < -0.4 is 0 Å². The number of amides is 1. The zero-order chi connectivity index (χ0) is 15.0. The van der Waals surface area contributed by atoms with Crippen LogP contribution in [0.3, 0.4) is 0 Å². The zero-order valence-corrected chi connectivity index (χ0v) is 12.3. The second kappa shape index (κ2) is 5.24. The number of hydrogen-bond acceptors (Lipinski definition) is 6. The lowest BCUT2D eigenvalue weighted by molar-refractivity contribution is 0.0774. The Morgan fingerprint density at radius 1 is 1.38 bits per heavy atom. The summed E-state index contributed by atoms with van der Waals surface area (Å²) >= 11 is 0. The smallest absolute Gasteiger partial charge is 0.276 e. The third kappa shape index (κ3) is 2.51. The van der Waals surface area contributed by atoms with Crippen molar-refractivity contribution in [3.05, 3.63) is 24.3 Å². The maximum Gasteiger partial charge on any atom is 0.276 e. The molecule has 0 radical (unpaired) electrons. The van der Waals surface area contributed by atoms with Gasteiger partial charge in [0.15, 0.2) is 5.69 Å². The molecule has 2 atom stereocenters. The number of nitrogens with zero attached hydrogens (tertiary/aromatic N) is 8. The molecule has 0 spiro atoms. The molecule has 1 fully saturated rings. The highest BCUT2D eigenvalue weighted by Crippen LogP contribution is 2.25. The fourth-order valence-corrected chi connectivity index (χ4v) is 2.70. The van der Waals surface area contributed by atoms with Crippen molar-refractivity contribution < 1.29 is 4.79 Å². The van der Waals surface area contributed by atoms with Gasteiger partial charge >= 0.3 is 0 Å². The molecule has 2 aromatic rings. The average Bonchev–Trinajstić information content (AvgIpc) is 3.17. The molecule has 9 nitrogen and oxygen atoms in total. The summed E-state index contributed by atoms with van der Waals surface area (Å²) in [5, 5.41) is 16.0. The van der Waals surface area contributed by atoms with Crippen LogP contribution in [0.1, 0.15) is 16.5 Å². The van der Waals surface area contributed by atoms with Gasteiger partial charge in [0.25, 0.3) is 5.91 Å². The number of aromatic nitrogens is 6. The van der Waals surface area contributed by atoms with E-state index in [1.807, 2.05) is 25.0 Å². The third-order valence-corrected chi connectivity index (χ3v) is 3.81. The topological polar surface area (TPSA) is 85.0 Å². The van der Waals surface area contributed by atoms with Crippen molar-refractivity contribution in [3.63, 3.8) is 0 Å². The average molecular weight is 290 g/mol. The van der Waals surface area contributed by atoms with Gasteiger partial charge < -0.3 is 9.80 Å². The highest BCUT2D eigenvalue weighted by molar-refractivity contribution is 5.92. The van der Waals surface area contributed by atoms with Crippen LogP contribution in [0.4, 0.5) is 0 Å². The lowest BCUT2D eigenvalue weighted by Gasteiger charge is -2.24. The van der Waals surface area contributed by atoms with E-state index in [9.17, 15) is 4.79 Å². The van der Waals surface area contributed by atoms with E-state index in [4.69, 9.17) is 0 Å². The molecule has 0 aliphatic carbocycles. The van der Waals surface area contributed by atoms with Crippen LogP contribution in [-0.2, 0) is 7.05 Å². The SMILES string of the molecule is CN(C)[C@@H]1CN(C(=O)c2cnn(C)n2)C[C@@H]1n1ccnn1. The monoisotopic (exact) mass is 290 g/mol. The van der Waals surface area contributed by atoms with Crippen LogP contribution in [0, 0.1) is 0 Å². The molecule has 0 N–H and O–H groups in total. The quantitative estimate of drug-likeness (QED) is 0.723. The van der Waals surface area contributed by atoms with Crippen LogP contribution >= 0.6 is 0 Å². The summed E-state index contributed by atoms with van der Waals surface area (Å²) in [6, 6.07) is 0.274. The first-order valence-electron chi connectivity index (χ1n) is 6.74.